The number of thiazole rings is 1. The number of nitrogens with zero attached hydrogens (tertiary/aromatic N) is 3. The van der Waals surface area contributed by atoms with E-state index >= 15 is 0 Å². The first-order valence-electron chi connectivity index (χ1n) is 6.79. The second-order valence-electron chi connectivity index (χ2n) is 4.96. The molecule has 0 amide bonds. The van der Waals surface area contributed by atoms with Crippen molar-refractivity contribution in [3.05, 3.63) is 52.1 Å². The third-order valence-corrected chi connectivity index (χ3v) is 4.38. The van der Waals surface area contributed by atoms with E-state index in [2.05, 4.69) is 21.6 Å². The van der Waals surface area contributed by atoms with E-state index in [-0.39, 0.29) is 0 Å². The van der Waals surface area contributed by atoms with Crippen molar-refractivity contribution in [2.75, 3.05) is 18.5 Å². The smallest absolute Gasteiger partial charge is 0.195 e. The topological polar surface area (TPSA) is 46.6 Å². The zero-order valence-electron chi connectivity index (χ0n) is 11.8. The molecule has 2 N–H and O–H groups in total. The molecule has 3 aromatic rings. The van der Waals surface area contributed by atoms with Crippen molar-refractivity contribution in [3.8, 4) is 0 Å². The van der Waals surface area contributed by atoms with Gasteiger partial charge in [0, 0.05) is 36.6 Å². The summed E-state index contributed by atoms with van der Waals surface area (Å²) >= 11 is 7.69. The molecule has 4 nitrogen and oxygen atoms in total. The van der Waals surface area contributed by atoms with Crippen molar-refractivity contribution in [1.82, 2.24) is 9.38 Å². The van der Waals surface area contributed by atoms with E-state index in [9.17, 15) is 0 Å². The molecule has 3 rings (SSSR count). The molecule has 2 heterocycles. The van der Waals surface area contributed by atoms with E-state index in [0.29, 0.717) is 6.54 Å². The maximum Gasteiger partial charge on any atom is 0.195 e. The zero-order chi connectivity index (χ0) is 14.8. The number of anilines is 1. The number of hydrogen-bond acceptors (Lipinski definition) is 4. The highest BCUT2D eigenvalue weighted by Crippen LogP contribution is 2.25. The van der Waals surface area contributed by atoms with E-state index in [1.165, 1.54) is 11.3 Å². The largest absolute Gasteiger partial charge is 0.354 e. The Bertz CT molecular complexity index is 749. The van der Waals surface area contributed by atoms with Crippen molar-refractivity contribution >= 4 is 33.7 Å². The van der Waals surface area contributed by atoms with Crippen molar-refractivity contribution in [3.63, 3.8) is 0 Å². The average molecular weight is 321 g/mol. The van der Waals surface area contributed by atoms with E-state index < -0.39 is 0 Å². The summed E-state index contributed by atoms with van der Waals surface area (Å²) in [6.45, 7) is 1.38. The van der Waals surface area contributed by atoms with Crippen molar-refractivity contribution in [2.24, 2.45) is 5.73 Å². The van der Waals surface area contributed by atoms with Gasteiger partial charge in [0.05, 0.1) is 5.69 Å². The van der Waals surface area contributed by atoms with Crippen LogP contribution >= 0.6 is 22.9 Å². The van der Waals surface area contributed by atoms with Gasteiger partial charge in [-0.2, -0.15) is 0 Å². The monoisotopic (exact) mass is 320 g/mol. The van der Waals surface area contributed by atoms with Crippen molar-refractivity contribution < 1.29 is 0 Å². The molecule has 0 aliphatic rings. The van der Waals surface area contributed by atoms with Gasteiger partial charge in [-0.15, -0.1) is 11.3 Å². The minimum Gasteiger partial charge on any atom is -0.354 e. The molecule has 21 heavy (non-hydrogen) atoms. The van der Waals surface area contributed by atoms with Crippen LogP contribution in [0.25, 0.3) is 4.96 Å². The zero-order valence-corrected chi connectivity index (χ0v) is 13.4. The van der Waals surface area contributed by atoms with Crippen LogP contribution in [0.2, 0.25) is 5.02 Å². The highest BCUT2D eigenvalue weighted by Gasteiger charge is 2.16. The molecule has 0 aliphatic heterocycles. The molecule has 0 fully saturated rings. The Balaban J connectivity index is 1.91. The second-order valence-corrected chi connectivity index (χ2v) is 6.27. The van der Waals surface area contributed by atoms with Gasteiger partial charge in [-0.25, -0.2) is 4.98 Å². The number of imidazole rings is 1. The van der Waals surface area contributed by atoms with Crippen molar-refractivity contribution in [1.29, 1.82) is 0 Å². The first-order valence-corrected chi connectivity index (χ1v) is 8.05. The third-order valence-electron chi connectivity index (χ3n) is 3.39. The number of fused-ring (bicyclic) bond motifs is 1. The van der Waals surface area contributed by atoms with E-state index in [1.807, 2.05) is 30.6 Å². The number of halogens is 1. The number of nitrogens with two attached hydrogens (primary N) is 1. The molecule has 0 spiro atoms. The summed E-state index contributed by atoms with van der Waals surface area (Å²) in [5, 5.41) is 2.80. The summed E-state index contributed by atoms with van der Waals surface area (Å²) in [6.07, 6.45) is 2.86. The lowest BCUT2D eigenvalue weighted by Gasteiger charge is -2.18. The fourth-order valence-electron chi connectivity index (χ4n) is 2.48. The molecular weight excluding hydrogens is 304 g/mol. The number of hydrogen-bond donors (Lipinski definition) is 1. The van der Waals surface area contributed by atoms with Crippen LogP contribution in [0.1, 0.15) is 11.3 Å². The van der Waals surface area contributed by atoms with Gasteiger partial charge in [0.2, 0.25) is 0 Å². The molecule has 6 heteroatoms. The molecule has 2 aromatic heterocycles. The van der Waals surface area contributed by atoms with Gasteiger partial charge in [0.25, 0.3) is 0 Å². The quantitative estimate of drug-likeness (QED) is 0.785. The number of aromatic nitrogens is 2. The Morgan fingerprint density at radius 2 is 2.29 bits per heavy atom. The van der Waals surface area contributed by atoms with Crippen LogP contribution in [-0.4, -0.2) is 23.0 Å². The summed E-state index contributed by atoms with van der Waals surface area (Å²) in [7, 11) is 2.05. The Morgan fingerprint density at radius 3 is 3.05 bits per heavy atom. The first kappa shape index (κ1) is 14.4. The lowest BCUT2D eigenvalue weighted by atomic mass is 10.2. The molecule has 0 unspecified atom stereocenters. The molecule has 110 valence electrons. The lowest BCUT2D eigenvalue weighted by molar-refractivity contribution is 0.858. The standard InChI is InChI=1S/C15H17ClN4S/c1-19(10-11-3-2-4-12(16)9-11)14-13(5-6-17)20-7-8-21-15(20)18-14/h2-4,7-9H,5-6,10,17H2,1H3. The van der Waals surface area contributed by atoms with Crippen LogP contribution in [0.4, 0.5) is 5.82 Å². The maximum absolute atomic E-state index is 6.05. The molecule has 0 bridgehead atoms. The van der Waals surface area contributed by atoms with Crippen LogP contribution in [-0.2, 0) is 13.0 Å². The predicted molar refractivity (Wildman–Crippen MR) is 89.4 cm³/mol. The Kier molecular flexibility index (Phi) is 4.14. The molecule has 0 radical (unpaired) electrons. The van der Waals surface area contributed by atoms with Gasteiger partial charge >= 0.3 is 0 Å². The predicted octanol–water partition coefficient (Wildman–Crippen LogP) is 3.19. The highest BCUT2D eigenvalue weighted by atomic mass is 35.5. The summed E-state index contributed by atoms with van der Waals surface area (Å²) in [6, 6.07) is 7.91. The molecular formula is C15H17ClN4S. The number of benzene rings is 1. The Labute approximate surface area is 132 Å². The number of rotatable bonds is 5. The molecule has 0 aliphatic carbocycles. The van der Waals surface area contributed by atoms with Crippen LogP contribution in [0.5, 0.6) is 0 Å². The van der Waals surface area contributed by atoms with Crippen LogP contribution in [0.15, 0.2) is 35.8 Å². The SMILES string of the molecule is CN(Cc1cccc(Cl)c1)c1nc2sccn2c1CCN. The van der Waals surface area contributed by atoms with E-state index in [4.69, 9.17) is 22.3 Å². The van der Waals surface area contributed by atoms with Crippen LogP contribution < -0.4 is 10.6 Å². The second kappa shape index (κ2) is 6.05. The third kappa shape index (κ3) is 2.90. The normalized spacial score (nSPS) is 11.2. The molecule has 0 saturated heterocycles. The van der Waals surface area contributed by atoms with E-state index in [1.54, 1.807) is 11.3 Å². The van der Waals surface area contributed by atoms with Gasteiger partial charge in [-0.3, -0.25) is 4.40 Å². The van der Waals surface area contributed by atoms with Gasteiger partial charge < -0.3 is 10.6 Å². The van der Waals surface area contributed by atoms with E-state index in [0.717, 1.165) is 28.8 Å². The summed E-state index contributed by atoms with van der Waals surface area (Å²) in [5.74, 6) is 0.993. The highest BCUT2D eigenvalue weighted by molar-refractivity contribution is 7.15. The van der Waals surface area contributed by atoms with Crippen molar-refractivity contribution in [2.45, 2.75) is 13.0 Å². The van der Waals surface area contributed by atoms with Crippen LogP contribution in [0, 0.1) is 0 Å². The first-order chi connectivity index (χ1) is 10.2. The maximum atomic E-state index is 6.05. The lowest BCUT2D eigenvalue weighted by Crippen LogP contribution is -2.19. The fourth-order valence-corrected chi connectivity index (χ4v) is 3.42. The molecule has 0 saturated carbocycles. The summed E-state index contributed by atoms with van der Waals surface area (Å²) in [4.78, 5) is 7.88. The fraction of sp³-hybridized carbons (Fsp3) is 0.267. The molecule has 1 aromatic carbocycles. The molecule has 0 atom stereocenters. The summed E-state index contributed by atoms with van der Waals surface area (Å²) in [5.41, 5.74) is 8.08. The Morgan fingerprint density at radius 1 is 1.43 bits per heavy atom. The average Bonchev–Trinajstić information content (AvgIpc) is 3.01. The van der Waals surface area contributed by atoms with Gasteiger partial charge in [-0.1, -0.05) is 23.7 Å². The van der Waals surface area contributed by atoms with Gasteiger partial charge in [-0.05, 0) is 24.2 Å². The van der Waals surface area contributed by atoms with Crippen LogP contribution in [0.3, 0.4) is 0 Å². The minimum absolute atomic E-state index is 0.613. The minimum atomic E-state index is 0.613. The van der Waals surface area contributed by atoms with Gasteiger partial charge in [0.1, 0.15) is 0 Å². The van der Waals surface area contributed by atoms with Gasteiger partial charge in [0.15, 0.2) is 10.8 Å². The summed E-state index contributed by atoms with van der Waals surface area (Å²) < 4.78 is 2.13. The Hall–Kier alpha value is -1.56.